The number of ether oxygens (including phenoxy) is 1. The quantitative estimate of drug-likeness (QED) is 0.297. The summed E-state index contributed by atoms with van der Waals surface area (Å²) >= 11 is 0. The molecule has 182 valence electrons. The number of anilines is 1. The molecule has 0 atom stereocenters. The van der Waals surface area contributed by atoms with Crippen molar-refractivity contribution in [2.24, 2.45) is 0 Å². The lowest BCUT2D eigenvalue weighted by molar-refractivity contribution is -0.406. The lowest BCUT2D eigenvalue weighted by Gasteiger charge is -2.38. The van der Waals surface area contributed by atoms with Crippen molar-refractivity contribution in [1.29, 1.82) is 0 Å². The van der Waals surface area contributed by atoms with E-state index in [2.05, 4.69) is 4.74 Å². The van der Waals surface area contributed by atoms with Gasteiger partial charge in [0.25, 0.3) is 5.69 Å². The van der Waals surface area contributed by atoms with Gasteiger partial charge in [-0.25, -0.2) is 8.78 Å². The zero-order valence-electron chi connectivity index (χ0n) is 14.9. The Bertz CT molecular complexity index is 890. The molecule has 1 rings (SSSR count). The average molecular weight is 496 g/mol. The van der Waals surface area contributed by atoms with Gasteiger partial charge in [-0.2, -0.15) is 43.9 Å². The minimum absolute atomic E-state index is 0.390. The van der Waals surface area contributed by atoms with Gasteiger partial charge in [0, 0.05) is 6.07 Å². The number of nitrogens with zero attached hydrogens (tertiary/aromatic N) is 1. The molecule has 0 aliphatic rings. The number of benzene rings is 1. The van der Waals surface area contributed by atoms with Crippen LogP contribution in [0.2, 0.25) is 0 Å². The third-order valence-electron chi connectivity index (χ3n) is 3.81. The maximum Gasteiger partial charge on any atom is 0.393 e. The molecule has 0 saturated carbocycles. The van der Waals surface area contributed by atoms with Crippen LogP contribution in [0.25, 0.3) is 0 Å². The number of hydrogen-bond donors (Lipinski definition) is 1. The Morgan fingerprint density at radius 2 is 1.47 bits per heavy atom. The second-order valence-electron chi connectivity index (χ2n) is 5.82. The molecule has 0 saturated heterocycles. The summed E-state index contributed by atoms with van der Waals surface area (Å²) in [6.07, 6.45) is -5.68. The van der Waals surface area contributed by atoms with Gasteiger partial charge in [0.05, 0.1) is 23.8 Å². The number of non-ortho nitro benzene ring substituents is 1. The minimum Gasteiger partial charge on any atom is -0.494 e. The fraction of sp³-hybridized carbons (Fsp3) is 0.500. The van der Waals surface area contributed by atoms with Crippen molar-refractivity contribution >= 4 is 17.3 Å². The molecule has 6 nitrogen and oxygen atoms in total. The van der Waals surface area contributed by atoms with Gasteiger partial charge < -0.3 is 10.1 Å². The summed E-state index contributed by atoms with van der Waals surface area (Å²) in [7, 11) is 0.725. The Morgan fingerprint density at radius 1 is 0.969 bits per heavy atom. The van der Waals surface area contributed by atoms with E-state index in [4.69, 9.17) is 0 Å². The molecule has 0 aliphatic carbocycles. The van der Waals surface area contributed by atoms with Crippen LogP contribution in [0.5, 0.6) is 5.75 Å². The first kappa shape index (κ1) is 27.1. The van der Waals surface area contributed by atoms with Crippen LogP contribution in [-0.4, -0.2) is 54.0 Å². The molecule has 0 aliphatic heterocycles. The van der Waals surface area contributed by atoms with E-state index in [-0.39, 0.29) is 0 Å². The molecule has 0 aromatic heterocycles. The van der Waals surface area contributed by atoms with Crippen LogP contribution in [-0.2, 0) is 4.79 Å². The number of nitro groups is 1. The predicted octanol–water partition coefficient (Wildman–Crippen LogP) is 4.98. The topological polar surface area (TPSA) is 81.5 Å². The highest BCUT2D eigenvalue weighted by molar-refractivity contribution is 5.98. The molecular formula is C14H8F12N2O4. The van der Waals surface area contributed by atoms with Crippen LogP contribution in [0.1, 0.15) is 0 Å². The van der Waals surface area contributed by atoms with E-state index >= 15 is 0 Å². The van der Waals surface area contributed by atoms with Gasteiger partial charge in [-0.05, 0) is 6.07 Å². The smallest absolute Gasteiger partial charge is 0.393 e. The van der Waals surface area contributed by atoms with Crippen molar-refractivity contribution in [3.8, 4) is 5.75 Å². The van der Waals surface area contributed by atoms with Crippen LogP contribution < -0.4 is 10.1 Å². The Balaban J connectivity index is 3.42. The van der Waals surface area contributed by atoms with E-state index in [9.17, 15) is 67.6 Å². The summed E-state index contributed by atoms with van der Waals surface area (Å²) in [5, 5.41) is 11.4. The number of alkyl halides is 12. The third kappa shape index (κ3) is 3.96. The van der Waals surface area contributed by atoms with Crippen LogP contribution >= 0.6 is 0 Å². The molecule has 1 aromatic rings. The van der Waals surface area contributed by atoms with Crippen molar-refractivity contribution < 1.29 is 67.1 Å². The summed E-state index contributed by atoms with van der Waals surface area (Å²) < 4.78 is 162. The van der Waals surface area contributed by atoms with Crippen LogP contribution in [0.3, 0.4) is 0 Å². The molecule has 32 heavy (non-hydrogen) atoms. The number of carbonyl (C=O) groups is 1. The number of nitrogens with one attached hydrogen (secondary N) is 1. The summed E-state index contributed by atoms with van der Waals surface area (Å²) in [5.41, 5.74) is -1.89. The SMILES string of the molecule is COc1cc([N+](=O)[O-])ccc1NC(=O)C(F)(F)C(F)(F)C(F)(F)C(F)(F)C(F)(F)C(F)F. The Morgan fingerprint density at radius 3 is 1.88 bits per heavy atom. The number of halogens is 12. The molecular weight excluding hydrogens is 488 g/mol. The van der Waals surface area contributed by atoms with E-state index in [0.717, 1.165) is 12.4 Å². The summed E-state index contributed by atoms with van der Waals surface area (Å²) in [5.74, 6) is -41.7. The van der Waals surface area contributed by atoms with E-state index in [1.807, 2.05) is 0 Å². The minimum atomic E-state index is -7.87. The molecule has 0 unspecified atom stereocenters. The van der Waals surface area contributed by atoms with Crippen LogP contribution in [0, 0.1) is 10.1 Å². The number of nitro benzene ring substituents is 1. The number of hydrogen-bond acceptors (Lipinski definition) is 4. The first-order valence-corrected chi connectivity index (χ1v) is 7.51. The Kier molecular flexibility index (Phi) is 6.93. The highest BCUT2D eigenvalue weighted by atomic mass is 19.4. The molecule has 0 radical (unpaired) electrons. The second kappa shape index (κ2) is 8.19. The van der Waals surface area contributed by atoms with Crippen molar-refractivity contribution in [1.82, 2.24) is 0 Å². The zero-order chi connectivity index (χ0) is 25.5. The van der Waals surface area contributed by atoms with E-state index in [1.165, 1.54) is 0 Å². The Hall–Kier alpha value is -2.95. The first-order valence-electron chi connectivity index (χ1n) is 7.51. The highest BCUT2D eigenvalue weighted by Crippen LogP contribution is 2.58. The number of amides is 1. The van der Waals surface area contributed by atoms with E-state index < -0.39 is 64.0 Å². The number of rotatable bonds is 9. The molecule has 0 heterocycles. The van der Waals surface area contributed by atoms with Crippen molar-refractivity contribution in [2.75, 3.05) is 12.4 Å². The lowest BCUT2D eigenvalue weighted by Crippen LogP contribution is -2.70. The third-order valence-corrected chi connectivity index (χ3v) is 3.81. The number of carbonyl (C=O) groups excluding carboxylic acids is 1. The van der Waals surface area contributed by atoms with E-state index in [0.29, 0.717) is 18.2 Å². The standard InChI is InChI=1S/C14H8F12N2O4/c1-32-7-4-5(28(30)31)2-3-6(7)27-9(29)11(19,20)13(23,24)14(25,26)12(21,22)10(17,18)8(15)16/h2-4,8H,1H3,(H,27,29). The zero-order valence-corrected chi connectivity index (χ0v) is 14.9. The normalized spacial score (nSPS) is 13.8. The van der Waals surface area contributed by atoms with Crippen molar-refractivity contribution in [2.45, 2.75) is 36.0 Å². The maximum absolute atomic E-state index is 13.8. The largest absolute Gasteiger partial charge is 0.494 e. The highest BCUT2D eigenvalue weighted by Gasteiger charge is 2.89. The van der Waals surface area contributed by atoms with Gasteiger partial charge in [-0.3, -0.25) is 14.9 Å². The maximum atomic E-state index is 13.8. The fourth-order valence-electron chi connectivity index (χ4n) is 1.98. The summed E-state index contributed by atoms with van der Waals surface area (Å²) in [4.78, 5) is 21.0. The number of methoxy groups -OCH3 is 1. The van der Waals surface area contributed by atoms with Gasteiger partial charge in [0.15, 0.2) is 0 Å². The molecule has 0 bridgehead atoms. The molecule has 1 amide bonds. The van der Waals surface area contributed by atoms with Crippen LogP contribution in [0.4, 0.5) is 64.1 Å². The van der Waals surface area contributed by atoms with Gasteiger partial charge in [0.1, 0.15) is 5.75 Å². The van der Waals surface area contributed by atoms with Gasteiger partial charge in [-0.15, -0.1) is 0 Å². The van der Waals surface area contributed by atoms with E-state index in [1.54, 1.807) is 0 Å². The average Bonchev–Trinajstić information content (AvgIpc) is 2.66. The molecule has 1 N–H and O–H groups in total. The van der Waals surface area contributed by atoms with Gasteiger partial charge in [-0.1, -0.05) is 0 Å². The van der Waals surface area contributed by atoms with Gasteiger partial charge in [0.2, 0.25) is 0 Å². The molecule has 18 heteroatoms. The molecule has 1 aromatic carbocycles. The van der Waals surface area contributed by atoms with Crippen LogP contribution in [0.15, 0.2) is 18.2 Å². The molecule has 0 spiro atoms. The van der Waals surface area contributed by atoms with Crippen molar-refractivity contribution in [3.05, 3.63) is 28.3 Å². The second-order valence-corrected chi connectivity index (χ2v) is 5.82. The first-order chi connectivity index (χ1) is 14.2. The van der Waals surface area contributed by atoms with Gasteiger partial charge >= 0.3 is 41.9 Å². The van der Waals surface area contributed by atoms with Crippen molar-refractivity contribution in [3.63, 3.8) is 0 Å². The predicted molar refractivity (Wildman–Crippen MR) is 79.0 cm³/mol. The molecule has 0 fully saturated rings. The Labute approximate surface area is 168 Å². The summed E-state index contributed by atoms with van der Waals surface area (Å²) in [6, 6.07) is 1.32. The summed E-state index contributed by atoms with van der Waals surface area (Å²) in [6.45, 7) is 0. The lowest BCUT2D eigenvalue weighted by atomic mass is 9.94. The monoisotopic (exact) mass is 496 g/mol. The fourth-order valence-corrected chi connectivity index (χ4v) is 1.98.